The van der Waals surface area contributed by atoms with E-state index in [0.717, 1.165) is 30.3 Å². The molecule has 2 rings (SSSR count). The van der Waals surface area contributed by atoms with Crippen molar-refractivity contribution in [2.75, 3.05) is 23.8 Å². The molecule has 0 bridgehead atoms. The van der Waals surface area contributed by atoms with Crippen molar-refractivity contribution in [3.63, 3.8) is 0 Å². The highest BCUT2D eigenvalue weighted by Gasteiger charge is 2.05. The fourth-order valence-corrected chi connectivity index (χ4v) is 2.25. The van der Waals surface area contributed by atoms with Crippen molar-refractivity contribution >= 4 is 23.0 Å². The molecule has 2 heterocycles. The molecule has 0 aromatic carbocycles. The van der Waals surface area contributed by atoms with Gasteiger partial charge in [0.2, 0.25) is 0 Å². The Bertz CT molecular complexity index is 506. The van der Waals surface area contributed by atoms with Crippen LogP contribution in [0.25, 0.3) is 0 Å². The Kier molecular flexibility index (Phi) is 6.36. The molecule has 2 N–H and O–H groups in total. The molecule has 0 saturated heterocycles. The molecule has 114 valence electrons. The van der Waals surface area contributed by atoms with Crippen LogP contribution in [0.4, 0.5) is 11.6 Å². The quantitative estimate of drug-likeness (QED) is 0.742. The number of nitrogens with one attached hydrogen (secondary N) is 2. The Morgan fingerprint density at radius 3 is 2.67 bits per heavy atom. The fourth-order valence-electron chi connectivity index (χ4n) is 1.70. The van der Waals surface area contributed by atoms with Gasteiger partial charge in [-0.3, -0.25) is 0 Å². The van der Waals surface area contributed by atoms with E-state index in [2.05, 4.69) is 32.5 Å². The van der Waals surface area contributed by atoms with Gasteiger partial charge in [0.05, 0.1) is 17.7 Å². The van der Waals surface area contributed by atoms with Gasteiger partial charge in [0.15, 0.2) is 5.82 Å². The molecule has 2 aromatic heterocycles. The Hall–Kier alpha value is -1.73. The zero-order chi connectivity index (χ0) is 14.9. The van der Waals surface area contributed by atoms with Crippen LogP contribution < -0.4 is 10.6 Å². The first-order valence-electron chi connectivity index (χ1n) is 7.12. The van der Waals surface area contributed by atoms with Crippen LogP contribution in [0.1, 0.15) is 31.8 Å². The molecule has 21 heavy (non-hydrogen) atoms. The molecule has 0 aliphatic rings. The molecule has 2 aromatic rings. The lowest BCUT2D eigenvalue weighted by molar-refractivity contribution is 0.128. The maximum atomic E-state index is 5.39. The lowest BCUT2D eigenvalue weighted by Gasteiger charge is -2.10. The third-order valence-corrected chi connectivity index (χ3v) is 3.33. The summed E-state index contributed by atoms with van der Waals surface area (Å²) in [5, 5.41) is 8.58. The molecule has 0 unspecified atom stereocenters. The molecule has 0 aliphatic heterocycles. The van der Waals surface area contributed by atoms with Crippen LogP contribution >= 0.6 is 11.3 Å². The fraction of sp³-hybridized carbons (Fsp3) is 0.500. The van der Waals surface area contributed by atoms with Crippen molar-refractivity contribution in [1.29, 1.82) is 0 Å². The topological polar surface area (TPSA) is 72.0 Å². The largest absolute Gasteiger partial charge is 0.374 e. The number of thiazole rings is 1. The van der Waals surface area contributed by atoms with Crippen molar-refractivity contribution in [1.82, 2.24) is 15.0 Å². The Balaban J connectivity index is 2.05. The van der Waals surface area contributed by atoms with Crippen LogP contribution in [0.15, 0.2) is 17.0 Å². The van der Waals surface area contributed by atoms with Crippen LogP contribution in [0.3, 0.4) is 0 Å². The summed E-state index contributed by atoms with van der Waals surface area (Å²) in [6, 6.07) is 1.91. The Morgan fingerprint density at radius 1 is 1.19 bits per heavy atom. The van der Waals surface area contributed by atoms with E-state index in [-0.39, 0.29) is 0 Å². The summed E-state index contributed by atoms with van der Waals surface area (Å²) in [5.41, 5.74) is 2.83. The summed E-state index contributed by atoms with van der Waals surface area (Å²) in [6.45, 7) is 6.69. The molecule has 0 aliphatic carbocycles. The van der Waals surface area contributed by atoms with E-state index in [0.29, 0.717) is 25.6 Å². The molecule has 0 spiro atoms. The molecule has 0 radical (unpaired) electrons. The Labute approximate surface area is 129 Å². The minimum Gasteiger partial charge on any atom is -0.374 e. The average Bonchev–Trinajstić information content (AvgIpc) is 3.02. The number of rotatable bonds is 9. The van der Waals surface area contributed by atoms with Gasteiger partial charge in [-0.15, -0.1) is 11.3 Å². The zero-order valence-electron chi connectivity index (χ0n) is 12.4. The second-order valence-corrected chi connectivity index (χ2v) is 5.17. The van der Waals surface area contributed by atoms with Crippen molar-refractivity contribution in [2.45, 2.75) is 33.4 Å². The normalized spacial score (nSPS) is 10.6. The van der Waals surface area contributed by atoms with Crippen molar-refractivity contribution in [2.24, 2.45) is 0 Å². The summed E-state index contributed by atoms with van der Waals surface area (Å²) in [7, 11) is 0. The summed E-state index contributed by atoms with van der Waals surface area (Å²) in [4.78, 5) is 13.2. The Morgan fingerprint density at radius 2 is 2.00 bits per heavy atom. The molecular weight excluding hydrogens is 286 g/mol. The molecule has 6 nitrogen and oxygen atoms in total. The second-order valence-electron chi connectivity index (χ2n) is 4.45. The van der Waals surface area contributed by atoms with E-state index in [1.54, 1.807) is 11.3 Å². The highest BCUT2D eigenvalue weighted by atomic mass is 32.1. The smallest absolute Gasteiger partial charge is 0.158 e. The highest BCUT2D eigenvalue weighted by Crippen LogP contribution is 2.13. The van der Waals surface area contributed by atoms with Crippen LogP contribution in [0.2, 0.25) is 0 Å². The highest BCUT2D eigenvalue weighted by molar-refractivity contribution is 7.07. The van der Waals surface area contributed by atoms with Gasteiger partial charge in [0.1, 0.15) is 18.2 Å². The minimum absolute atomic E-state index is 0.420. The van der Waals surface area contributed by atoms with E-state index in [9.17, 15) is 0 Å². The maximum absolute atomic E-state index is 5.39. The first kappa shape index (κ1) is 15.7. The number of anilines is 2. The summed E-state index contributed by atoms with van der Waals surface area (Å²) >= 11 is 1.59. The molecule has 7 heteroatoms. The van der Waals surface area contributed by atoms with Gasteiger partial charge in [-0.05, 0) is 13.3 Å². The van der Waals surface area contributed by atoms with Gasteiger partial charge in [-0.1, -0.05) is 6.92 Å². The number of aromatic nitrogens is 3. The SMILES string of the molecule is CCCNc1cc(NCc2cscn2)nc(COCC)n1. The predicted octanol–water partition coefficient (Wildman–Crippen LogP) is 2.90. The zero-order valence-corrected chi connectivity index (χ0v) is 13.2. The number of nitrogens with zero attached hydrogens (tertiary/aromatic N) is 3. The number of ether oxygens (including phenoxy) is 1. The third kappa shape index (κ3) is 5.28. The molecule has 0 fully saturated rings. The monoisotopic (exact) mass is 307 g/mol. The van der Waals surface area contributed by atoms with Gasteiger partial charge >= 0.3 is 0 Å². The summed E-state index contributed by atoms with van der Waals surface area (Å²) in [5.74, 6) is 2.28. The van der Waals surface area contributed by atoms with Crippen LogP contribution in [0, 0.1) is 0 Å². The summed E-state index contributed by atoms with van der Waals surface area (Å²) in [6.07, 6.45) is 1.05. The van der Waals surface area contributed by atoms with Gasteiger partial charge in [-0.2, -0.15) is 0 Å². The van der Waals surface area contributed by atoms with Crippen LogP contribution in [-0.4, -0.2) is 28.1 Å². The number of hydrogen-bond acceptors (Lipinski definition) is 7. The standard InChI is InChI=1S/C14H21N5OS/c1-3-5-15-12-6-13(16-7-11-9-21-10-17-11)19-14(18-12)8-20-4-2/h6,9-10H,3-5,7-8H2,1-2H3,(H2,15,16,18,19). The molecule has 0 saturated carbocycles. The van der Waals surface area contributed by atoms with Crippen molar-refractivity contribution < 1.29 is 4.74 Å². The molecular formula is C14H21N5OS. The van der Waals surface area contributed by atoms with E-state index >= 15 is 0 Å². The first-order chi connectivity index (χ1) is 10.3. The molecule has 0 amide bonds. The average molecular weight is 307 g/mol. The van der Waals surface area contributed by atoms with E-state index < -0.39 is 0 Å². The van der Waals surface area contributed by atoms with Gasteiger partial charge in [-0.25, -0.2) is 15.0 Å². The van der Waals surface area contributed by atoms with Gasteiger partial charge in [0.25, 0.3) is 0 Å². The second kappa shape index (κ2) is 8.53. The van der Waals surface area contributed by atoms with E-state index in [1.807, 2.05) is 23.9 Å². The lowest BCUT2D eigenvalue weighted by atomic mass is 10.4. The molecule has 0 atom stereocenters. The van der Waals surface area contributed by atoms with Crippen LogP contribution in [0.5, 0.6) is 0 Å². The minimum atomic E-state index is 0.420. The first-order valence-corrected chi connectivity index (χ1v) is 8.06. The van der Waals surface area contributed by atoms with Crippen molar-refractivity contribution in [3.05, 3.63) is 28.5 Å². The predicted molar refractivity (Wildman–Crippen MR) is 85.6 cm³/mol. The maximum Gasteiger partial charge on any atom is 0.158 e. The van der Waals surface area contributed by atoms with E-state index in [1.165, 1.54) is 0 Å². The number of hydrogen-bond donors (Lipinski definition) is 2. The van der Waals surface area contributed by atoms with Crippen LogP contribution in [-0.2, 0) is 17.9 Å². The lowest BCUT2D eigenvalue weighted by Crippen LogP contribution is -2.10. The summed E-state index contributed by atoms with van der Waals surface area (Å²) < 4.78 is 5.39. The third-order valence-electron chi connectivity index (χ3n) is 2.70. The van der Waals surface area contributed by atoms with Gasteiger partial charge < -0.3 is 15.4 Å². The van der Waals surface area contributed by atoms with Crippen molar-refractivity contribution in [3.8, 4) is 0 Å². The van der Waals surface area contributed by atoms with E-state index in [4.69, 9.17) is 4.74 Å². The van der Waals surface area contributed by atoms with Gasteiger partial charge in [0, 0.05) is 24.6 Å².